The highest BCUT2D eigenvalue weighted by Gasteiger charge is 2.19. The molecule has 0 bridgehead atoms. The highest BCUT2D eigenvalue weighted by Crippen LogP contribution is 2.20. The Morgan fingerprint density at radius 2 is 2.04 bits per heavy atom. The summed E-state index contributed by atoms with van der Waals surface area (Å²) in [6.45, 7) is 1.56. The number of amides is 1. The number of nitrogens with one attached hydrogen (secondary N) is 2. The third-order valence-corrected chi connectivity index (χ3v) is 5.83. The van der Waals surface area contributed by atoms with Gasteiger partial charge in [-0.05, 0) is 24.5 Å². The molecule has 0 aliphatic carbocycles. The quantitative estimate of drug-likeness (QED) is 0.570. The zero-order valence-electron chi connectivity index (χ0n) is 12.2. The standard InChI is InChI=1S/C13H15ClN4O3S2/c1-9(19)16-12-17-18-13(22-12)23(20,21)15-8-4-6-10-5-2-3-7-11(10)14/h2-3,5,7,15H,4,6,8H2,1H3,(H,16,17,19). The Balaban J connectivity index is 1.88. The van der Waals surface area contributed by atoms with Crippen LogP contribution in [0.2, 0.25) is 5.02 Å². The molecule has 0 saturated heterocycles. The van der Waals surface area contributed by atoms with Crippen LogP contribution in [0.3, 0.4) is 0 Å². The molecule has 2 N–H and O–H groups in total. The monoisotopic (exact) mass is 374 g/mol. The molecule has 1 aromatic heterocycles. The molecule has 10 heteroatoms. The lowest BCUT2D eigenvalue weighted by Crippen LogP contribution is -2.25. The number of carbonyl (C=O) groups is 1. The van der Waals surface area contributed by atoms with Crippen molar-refractivity contribution in [1.82, 2.24) is 14.9 Å². The molecule has 2 rings (SSSR count). The Morgan fingerprint density at radius 1 is 1.30 bits per heavy atom. The smallest absolute Gasteiger partial charge is 0.269 e. The van der Waals surface area contributed by atoms with Crippen molar-refractivity contribution in [3.8, 4) is 0 Å². The van der Waals surface area contributed by atoms with E-state index in [-0.39, 0.29) is 21.9 Å². The third kappa shape index (κ3) is 5.24. The normalized spacial score (nSPS) is 11.4. The zero-order chi connectivity index (χ0) is 16.9. The minimum atomic E-state index is -3.73. The van der Waals surface area contributed by atoms with E-state index in [9.17, 15) is 13.2 Å². The first-order chi connectivity index (χ1) is 10.9. The summed E-state index contributed by atoms with van der Waals surface area (Å²) in [5.74, 6) is -0.335. The number of aromatic nitrogens is 2. The van der Waals surface area contributed by atoms with Gasteiger partial charge in [-0.3, -0.25) is 4.79 Å². The van der Waals surface area contributed by atoms with Crippen molar-refractivity contribution in [3.05, 3.63) is 34.9 Å². The number of benzene rings is 1. The van der Waals surface area contributed by atoms with Crippen molar-refractivity contribution in [1.29, 1.82) is 0 Å². The van der Waals surface area contributed by atoms with Crippen LogP contribution in [0.5, 0.6) is 0 Å². The minimum Gasteiger partial charge on any atom is -0.301 e. The molecule has 2 aromatic rings. The van der Waals surface area contributed by atoms with Gasteiger partial charge < -0.3 is 5.32 Å². The van der Waals surface area contributed by atoms with E-state index in [0.29, 0.717) is 17.9 Å². The van der Waals surface area contributed by atoms with E-state index in [1.807, 2.05) is 18.2 Å². The summed E-state index contributed by atoms with van der Waals surface area (Å²) in [5, 5.41) is 10.4. The summed E-state index contributed by atoms with van der Waals surface area (Å²) in [7, 11) is -3.73. The van der Waals surface area contributed by atoms with Crippen LogP contribution in [0.15, 0.2) is 28.6 Å². The average Bonchev–Trinajstić information content (AvgIpc) is 2.94. The van der Waals surface area contributed by atoms with Crippen molar-refractivity contribution in [2.24, 2.45) is 0 Å². The van der Waals surface area contributed by atoms with Crippen LogP contribution < -0.4 is 10.0 Å². The van der Waals surface area contributed by atoms with E-state index < -0.39 is 10.0 Å². The van der Waals surface area contributed by atoms with E-state index in [2.05, 4.69) is 20.2 Å². The van der Waals surface area contributed by atoms with Crippen LogP contribution in [-0.4, -0.2) is 31.1 Å². The van der Waals surface area contributed by atoms with Gasteiger partial charge >= 0.3 is 0 Å². The Bertz CT molecular complexity index is 792. The van der Waals surface area contributed by atoms with Gasteiger partial charge in [0.15, 0.2) is 0 Å². The molecule has 0 radical (unpaired) electrons. The second-order valence-electron chi connectivity index (χ2n) is 4.65. The SMILES string of the molecule is CC(=O)Nc1nnc(S(=O)(=O)NCCCc2ccccc2Cl)s1. The number of halogens is 1. The lowest BCUT2D eigenvalue weighted by molar-refractivity contribution is -0.114. The second kappa shape index (κ2) is 7.82. The van der Waals surface area contributed by atoms with E-state index in [1.165, 1.54) is 6.92 Å². The van der Waals surface area contributed by atoms with Crippen LogP contribution in [0.1, 0.15) is 18.9 Å². The predicted molar refractivity (Wildman–Crippen MR) is 89.2 cm³/mol. The minimum absolute atomic E-state index is 0.147. The number of nitrogens with zero attached hydrogens (tertiary/aromatic N) is 2. The fourth-order valence-corrected chi connectivity index (χ4v) is 4.06. The lowest BCUT2D eigenvalue weighted by atomic mass is 10.1. The van der Waals surface area contributed by atoms with Gasteiger partial charge in [0.05, 0.1) is 0 Å². The summed E-state index contributed by atoms with van der Waals surface area (Å²) in [5.41, 5.74) is 0.970. The van der Waals surface area contributed by atoms with Crippen molar-refractivity contribution in [3.63, 3.8) is 0 Å². The Labute approximate surface area is 143 Å². The fraction of sp³-hybridized carbons (Fsp3) is 0.308. The first-order valence-electron chi connectivity index (χ1n) is 6.72. The number of sulfonamides is 1. The topological polar surface area (TPSA) is 101 Å². The molecule has 7 nitrogen and oxygen atoms in total. The highest BCUT2D eigenvalue weighted by atomic mass is 35.5. The summed E-state index contributed by atoms with van der Waals surface area (Å²) in [4.78, 5) is 10.9. The van der Waals surface area contributed by atoms with Gasteiger partial charge in [0, 0.05) is 18.5 Å². The van der Waals surface area contributed by atoms with E-state index in [1.54, 1.807) is 6.07 Å². The molecular weight excluding hydrogens is 360 g/mol. The molecule has 0 aliphatic heterocycles. The number of carbonyl (C=O) groups excluding carboxylic acids is 1. The number of anilines is 1. The summed E-state index contributed by atoms with van der Waals surface area (Å²) < 4.78 is 26.4. The van der Waals surface area contributed by atoms with Crippen LogP contribution in [0.25, 0.3) is 0 Å². The average molecular weight is 375 g/mol. The van der Waals surface area contributed by atoms with Crippen molar-refractivity contribution in [2.75, 3.05) is 11.9 Å². The molecule has 1 heterocycles. The molecule has 0 aliphatic rings. The second-order valence-corrected chi connectivity index (χ2v) is 7.97. The molecule has 0 spiro atoms. The molecule has 124 valence electrons. The largest absolute Gasteiger partial charge is 0.301 e. The first-order valence-corrected chi connectivity index (χ1v) is 9.40. The van der Waals surface area contributed by atoms with Gasteiger partial charge in [-0.15, -0.1) is 10.2 Å². The Morgan fingerprint density at radius 3 is 2.74 bits per heavy atom. The molecule has 0 fully saturated rings. The van der Waals surface area contributed by atoms with Crippen LogP contribution in [-0.2, 0) is 21.2 Å². The van der Waals surface area contributed by atoms with E-state index >= 15 is 0 Å². The summed E-state index contributed by atoms with van der Waals surface area (Å²) in [6.07, 6.45) is 1.26. The van der Waals surface area contributed by atoms with Gasteiger partial charge in [0.25, 0.3) is 10.0 Å². The Hall–Kier alpha value is -1.55. The maximum atomic E-state index is 12.1. The third-order valence-electron chi connectivity index (χ3n) is 2.79. The maximum absolute atomic E-state index is 12.1. The van der Waals surface area contributed by atoms with Crippen molar-refractivity contribution in [2.45, 2.75) is 24.1 Å². The maximum Gasteiger partial charge on any atom is 0.269 e. The molecule has 0 unspecified atom stereocenters. The Kier molecular flexibility index (Phi) is 6.05. The highest BCUT2D eigenvalue weighted by molar-refractivity contribution is 7.91. The number of rotatable bonds is 7. The van der Waals surface area contributed by atoms with Gasteiger partial charge in [0.2, 0.25) is 15.4 Å². The van der Waals surface area contributed by atoms with Crippen LogP contribution in [0.4, 0.5) is 5.13 Å². The molecular formula is C13H15ClN4O3S2. The van der Waals surface area contributed by atoms with Crippen molar-refractivity contribution >= 4 is 44.0 Å². The fourth-order valence-electron chi connectivity index (χ4n) is 1.77. The first kappa shape index (κ1) is 17.8. The molecule has 1 amide bonds. The number of hydrogen-bond acceptors (Lipinski definition) is 6. The van der Waals surface area contributed by atoms with E-state index in [0.717, 1.165) is 16.9 Å². The van der Waals surface area contributed by atoms with Gasteiger partial charge in [-0.1, -0.05) is 41.1 Å². The zero-order valence-corrected chi connectivity index (χ0v) is 14.6. The summed E-state index contributed by atoms with van der Waals surface area (Å²) >= 11 is 6.84. The predicted octanol–water partition coefficient (Wildman–Crippen LogP) is 2.06. The lowest BCUT2D eigenvalue weighted by Gasteiger charge is -2.05. The van der Waals surface area contributed by atoms with Gasteiger partial charge in [-0.25, -0.2) is 13.1 Å². The number of aryl methyl sites for hydroxylation is 1. The summed E-state index contributed by atoms with van der Waals surface area (Å²) in [6, 6.07) is 7.43. The van der Waals surface area contributed by atoms with E-state index in [4.69, 9.17) is 11.6 Å². The van der Waals surface area contributed by atoms with Gasteiger partial charge in [-0.2, -0.15) is 0 Å². The van der Waals surface area contributed by atoms with Crippen LogP contribution in [0, 0.1) is 0 Å². The molecule has 0 atom stereocenters. The number of hydrogen-bond donors (Lipinski definition) is 2. The molecule has 0 saturated carbocycles. The van der Waals surface area contributed by atoms with Gasteiger partial charge in [0.1, 0.15) is 0 Å². The molecule has 1 aromatic carbocycles. The van der Waals surface area contributed by atoms with Crippen molar-refractivity contribution < 1.29 is 13.2 Å². The van der Waals surface area contributed by atoms with Crippen LogP contribution >= 0.6 is 22.9 Å². The molecule has 23 heavy (non-hydrogen) atoms.